The molecule has 4 rings (SSSR count). The number of nitrogens with one attached hydrogen (secondary N) is 1. The molecule has 0 aromatic carbocycles. The van der Waals surface area contributed by atoms with Gasteiger partial charge in [-0.1, -0.05) is 19.1 Å². The van der Waals surface area contributed by atoms with E-state index in [1.807, 2.05) is 0 Å². The monoisotopic (exact) mass is 311 g/mol. The summed E-state index contributed by atoms with van der Waals surface area (Å²) in [5.41, 5.74) is 3.43. The third-order valence-corrected chi connectivity index (χ3v) is 5.57. The molecule has 0 saturated heterocycles. The molecule has 23 heavy (non-hydrogen) atoms. The van der Waals surface area contributed by atoms with Crippen molar-refractivity contribution in [1.29, 1.82) is 0 Å². The Morgan fingerprint density at radius 3 is 2.96 bits per heavy atom. The average molecular weight is 311 g/mol. The molecule has 120 valence electrons. The van der Waals surface area contributed by atoms with Crippen LogP contribution in [0.25, 0.3) is 0 Å². The molecule has 0 spiro atoms. The number of fused-ring (bicyclic) bond motifs is 4. The minimum Gasteiger partial charge on any atom is -0.341 e. The molecule has 1 aliphatic heterocycles. The van der Waals surface area contributed by atoms with Gasteiger partial charge in [0.05, 0.1) is 12.5 Å². The zero-order chi connectivity index (χ0) is 16.0. The molecule has 1 saturated carbocycles. The molecule has 4 aliphatic rings. The van der Waals surface area contributed by atoms with Crippen molar-refractivity contribution in [3.63, 3.8) is 0 Å². The fraction of sp³-hybridized carbons (Fsp3) is 0.556. The van der Waals surface area contributed by atoms with Crippen molar-refractivity contribution < 1.29 is 4.79 Å². The van der Waals surface area contributed by atoms with Gasteiger partial charge in [-0.15, -0.1) is 4.91 Å². The minimum atomic E-state index is -0.557. The second-order valence-corrected chi connectivity index (χ2v) is 7.11. The van der Waals surface area contributed by atoms with Crippen LogP contribution in [0.15, 0.2) is 45.2 Å². The van der Waals surface area contributed by atoms with Crippen molar-refractivity contribution in [2.45, 2.75) is 32.6 Å². The van der Waals surface area contributed by atoms with Crippen molar-refractivity contribution >= 4 is 11.7 Å². The van der Waals surface area contributed by atoms with Gasteiger partial charge in [-0.25, -0.2) is 0 Å². The second-order valence-electron chi connectivity index (χ2n) is 7.11. The Morgan fingerprint density at radius 2 is 2.17 bits per heavy atom. The number of amides is 1. The lowest BCUT2D eigenvalue weighted by Gasteiger charge is -2.30. The summed E-state index contributed by atoms with van der Waals surface area (Å²) in [5, 5.41) is 6.14. The van der Waals surface area contributed by atoms with Gasteiger partial charge in [-0.05, 0) is 60.7 Å². The van der Waals surface area contributed by atoms with Crippen LogP contribution in [-0.4, -0.2) is 18.3 Å². The molecule has 5 nitrogen and oxygen atoms in total. The van der Waals surface area contributed by atoms with Crippen LogP contribution in [-0.2, 0) is 4.79 Å². The summed E-state index contributed by atoms with van der Waals surface area (Å²) < 4.78 is 0. The first kappa shape index (κ1) is 14.5. The highest BCUT2D eigenvalue weighted by Gasteiger charge is 2.47. The molecule has 1 fully saturated rings. The van der Waals surface area contributed by atoms with E-state index >= 15 is 0 Å². The highest BCUT2D eigenvalue weighted by Crippen LogP contribution is 2.52. The van der Waals surface area contributed by atoms with Gasteiger partial charge in [-0.2, -0.15) is 0 Å². The number of dihydropyridines is 1. The molecule has 4 unspecified atom stereocenters. The summed E-state index contributed by atoms with van der Waals surface area (Å²) in [7, 11) is 0. The molecule has 4 atom stereocenters. The lowest BCUT2D eigenvalue weighted by atomic mass is 9.81. The van der Waals surface area contributed by atoms with Crippen LogP contribution in [0.1, 0.15) is 32.6 Å². The van der Waals surface area contributed by atoms with E-state index in [4.69, 9.17) is 0 Å². The van der Waals surface area contributed by atoms with Crippen LogP contribution in [0.4, 0.5) is 0 Å². The van der Waals surface area contributed by atoms with Gasteiger partial charge >= 0.3 is 0 Å². The third-order valence-electron chi connectivity index (χ3n) is 5.57. The number of nitroso groups, excluding NO2 is 1. The van der Waals surface area contributed by atoms with E-state index in [1.165, 1.54) is 5.57 Å². The molecule has 0 radical (unpaired) electrons. The Kier molecular flexibility index (Phi) is 3.51. The van der Waals surface area contributed by atoms with Crippen LogP contribution >= 0.6 is 0 Å². The maximum Gasteiger partial charge on any atom is 0.295 e. The van der Waals surface area contributed by atoms with Crippen molar-refractivity contribution in [2.75, 3.05) is 6.54 Å². The summed E-state index contributed by atoms with van der Waals surface area (Å²) in [6.07, 6.45) is 10.9. The molecule has 1 N–H and O–H groups in total. The molecule has 0 aromatic rings. The van der Waals surface area contributed by atoms with Gasteiger partial charge in [-0.3, -0.25) is 9.79 Å². The maximum absolute atomic E-state index is 11.9. The number of allylic oxidation sites excluding steroid dienone is 3. The largest absolute Gasteiger partial charge is 0.341 e. The summed E-state index contributed by atoms with van der Waals surface area (Å²) >= 11 is 0. The first-order chi connectivity index (χ1) is 11.2. The van der Waals surface area contributed by atoms with Crippen molar-refractivity contribution in [3.05, 3.63) is 40.0 Å². The summed E-state index contributed by atoms with van der Waals surface area (Å²) in [6.45, 7) is 2.54. The van der Waals surface area contributed by atoms with Crippen LogP contribution in [0.3, 0.4) is 0 Å². The Bertz CT molecular complexity index is 686. The fourth-order valence-electron chi connectivity index (χ4n) is 4.59. The third kappa shape index (κ3) is 2.38. The number of amidine groups is 1. The molecule has 2 bridgehead atoms. The van der Waals surface area contributed by atoms with Gasteiger partial charge in [0.25, 0.3) is 5.91 Å². The number of aliphatic imine (C=N–C) groups is 1. The highest BCUT2D eigenvalue weighted by molar-refractivity contribution is 6.04. The molecule has 1 heterocycles. The fourth-order valence-corrected chi connectivity index (χ4v) is 4.59. The Balaban J connectivity index is 1.66. The van der Waals surface area contributed by atoms with Gasteiger partial charge < -0.3 is 5.32 Å². The molecular weight excluding hydrogens is 290 g/mol. The predicted molar refractivity (Wildman–Crippen MR) is 88.6 cm³/mol. The van der Waals surface area contributed by atoms with Gasteiger partial charge in [0.15, 0.2) is 0 Å². The molecule has 5 heteroatoms. The van der Waals surface area contributed by atoms with Crippen molar-refractivity contribution in [2.24, 2.45) is 33.8 Å². The summed E-state index contributed by atoms with van der Waals surface area (Å²) in [4.78, 5) is 27.2. The zero-order valence-electron chi connectivity index (χ0n) is 13.3. The van der Waals surface area contributed by atoms with E-state index in [0.29, 0.717) is 24.3 Å². The number of nitrogens with zero attached hydrogens (tertiary/aromatic N) is 2. The van der Waals surface area contributed by atoms with E-state index in [0.717, 1.165) is 42.8 Å². The zero-order valence-corrected chi connectivity index (χ0v) is 13.3. The van der Waals surface area contributed by atoms with E-state index < -0.39 is 11.8 Å². The standard InChI is InChI=1S/C18H21N3O2/c1-10-3-2-4-13(7-10)20-17-16-12-6-5-11(8-12)15(16)14(9-19-17)18(22)21-23/h2,4,7,10-12,14H,3,5-6,8-9H2,1H3,(H,19,20). The molecular formula is C18H21N3O2. The predicted octanol–water partition coefficient (Wildman–Crippen LogP) is 3.10. The minimum absolute atomic E-state index is 0.349. The summed E-state index contributed by atoms with van der Waals surface area (Å²) in [6, 6.07) is 0. The SMILES string of the molecule is CC1C=C(NC2=NCC(C(=O)N=O)C3=C2C2CCC3C2)C=CC1. The maximum atomic E-state index is 11.9. The normalized spacial score (nSPS) is 34.8. The van der Waals surface area contributed by atoms with E-state index in [2.05, 4.69) is 40.6 Å². The lowest BCUT2D eigenvalue weighted by molar-refractivity contribution is -0.120. The average Bonchev–Trinajstić information content (AvgIpc) is 3.17. The Morgan fingerprint density at radius 1 is 1.35 bits per heavy atom. The van der Waals surface area contributed by atoms with Crippen LogP contribution in [0.5, 0.6) is 0 Å². The number of carbonyl (C=O) groups is 1. The first-order valence-electron chi connectivity index (χ1n) is 8.48. The molecule has 0 aromatic heterocycles. The Labute approximate surface area is 135 Å². The number of carbonyl (C=O) groups excluding carboxylic acids is 1. The van der Waals surface area contributed by atoms with Gasteiger partial charge in [0, 0.05) is 10.9 Å². The highest BCUT2D eigenvalue weighted by atomic mass is 16.3. The van der Waals surface area contributed by atoms with E-state index in [-0.39, 0.29) is 0 Å². The lowest BCUT2D eigenvalue weighted by Crippen LogP contribution is -2.35. The van der Waals surface area contributed by atoms with Crippen LogP contribution in [0.2, 0.25) is 0 Å². The second kappa shape index (κ2) is 5.55. The van der Waals surface area contributed by atoms with Gasteiger partial charge in [0.1, 0.15) is 5.84 Å². The molecule has 1 amide bonds. The van der Waals surface area contributed by atoms with Crippen molar-refractivity contribution in [1.82, 2.24) is 5.32 Å². The topological polar surface area (TPSA) is 70.9 Å². The number of hydrogen-bond donors (Lipinski definition) is 1. The molecule has 3 aliphatic carbocycles. The van der Waals surface area contributed by atoms with Crippen LogP contribution < -0.4 is 5.32 Å². The Hall–Kier alpha value is -2.04. The quantitative estimate of drug-likeness (QED) is 0.797. The van der Waals surface area contributed by atoms with Gasteiger partial charge in [0.2, 0.25) is 0 Å². The van der Waals surface area contributed by atoms with Crippen molar-refractivity contribution in [3.8, 4) is 0 Å². The van der Waals surface area contributed by atoms with Crippen LogP contribution in [0, 0.1) is 28.6 Å². The van der Waals surface area contributed by atoms with E-state index in [1.54, 1.807) is 0 Å². The summed E-state index contributed by atoms with van der Waals surface area (Å²) in [5.74, 6) is 1.37. The smallest absolute Gasteiger partial charge is 0.295 e. The number of hydrogen-bond acceptors (Lipinski definition) is 4. The first-order valence-corrected chi connectivity index (χ1v) is 8.48. The number of rotatable bonds is 2. The van der Waals surface area contributed by atoms with E-state index in [9.17, 15) is 9.70 Å².